The molecule has 1 atom stereocenters. The van der Waals surface area contributed by atoms with Crippen LogP contribution >= 0.6 is 0 Å². The fourth-order valence-electron chi connectivity index (χ4n) is 1.77. The van der Waals surface area contributed by atoms with E-state index in [1.807, 2.05) is 0 Å². The minimum absolute atomic E-state index is 0.169. The van der Waals surface area contributed by atoms with Crippen LogP contribution in [0.3, 0.4) is 0 Å². The van der Waals surface area contributed by atoms with Crippen LogP contribution in [0, 0.1) is 0 Å². The molecule has 0 bridgehead atoms. The second-order valence-electron chi connectivity index (χ2n) is 3.40. The van der Waals surface area contributed by atoms with Crippen LogP contribution in [0.2, 0.25) is 0 Å². The van der Waals surface area contributed by atoms with Crippen molar-refractivity contribution in [1.82, 2.24) is 5.32 Å². The molecule has 0 amide bonds. The molecule has 1 aliphatic carbocycles. The summed E-state index contributed by atoms with van der Waals surface area (Å²) in [6.07, 6.45) is 3.32. The fourth-order valence-corrected chi connectivity index (χ4v) is 1.77. The SMILES string of the molecule is NC1CC2=C(C=C1F)CNCC2. The first-order chi connectivity index (χ1) is 5.77. The topological polar surface area (TPSA) is 38.0 Å². The standard InChI is InChI=1S/C9H13FN2/c10-8-3-7-5-12-2-1-6(7)4-9(8)11/h3,9,12H,1-2,4-5,11H2. The van der Waals surface area contributed by atoms with Crippen molar-refractivity contribution in [2.24, 2.45) is 5.73 Å². The van der Waals surface area contributed by atoms with Gasteiger partial charge in [0.05, 0.1) is 6.04 Å². The van der Waals surface area contributed by atoms with Crippen molar-refractivity contribution >= 4 is 0 Å². The highest BCUT2D eigenvalue weighted by atomic mass is 19.1. The Morgan fingerprint density at radius 2 is 2.42 bits per heavy atom. The van der Waals surface area contributed by atoms with Crippen LogP contribution < -0.4 is 11.1 Å². The van der Waals surface area contributed by atoms with E-state index in [2.05, 4.69) is 5.32 Å². The Hall–Kier alpha value is -0.670. The van der Waals surface area contributed by atoms with Gasteiger partial charge in [0.2, 0.25) is 0 Å². The van der Waals surface area contributed by atoms with Crippen molar-refractivity contribution < 1.29 is 4.39 Å². The number of rotatable bonds is 0. The minimum Gasteiger partial charge on any atom is -0.322 e. The molecule has 1 unspecified atom stereocenters. The quantitative estimate of drug-likeness (QED) is 0.563. The number of nitrogens with two attached hydrogens (primary N) is 1. The van der Waals surface area contributed by atoms with Crippen LogP contribution in [0.25, 0.3) is 0 Å². The normalized spacial score (nSPS) is 29.8. The van der Waals surface area contributed by atoms with Crippen molar-refractivity contribution in [2.75, 3.05) is 13.1 Å². The molecule has 0 saturated carbocycles. The molecule has 0 radical (unpaired) electrons. The van der Waals surface area contributed by atoms with Gasteiger partial charge in [-0.3, -0.25) is 0 Å². The van der Waals surface area contributed by atoms with Gasteiger partial charge in [-0.15, -0.1) is 0 Å². The highest BCUT2D eigenvalue weighted by Crippen LogP contribution is 2.27. The van der Waals surface area contributed by atoms with E-state index in [1.165, 1.54) is 5.57 Å². The fraction of sp³-hybridized carbons (Fsp3) is 0.556. The maximum absolute atomic E-state index is 13.0. The first kappa shape index (κ1) is 7.95. The summed E-state index contributed by atoms with van der Waals surface area (Å²) in [6, 6.07) is -0.387. The Bertz CT molecular complexity index is 255. The average molecular weight is 168 g/mol. The molecule has 3 N–H and O–H groups in total. The Morgan fingerprint density at radius 1 is 1.58 bits per heavy atom. The first-order valence-corrected chi connectivity index (χ1v) is 4.31. The average Bonchev–Trinajstić information content (AvgIpc) is 2.07. The first-order valence-electron chi connectivity index (χ1n) is 4.31. The predicted octanol–water partition coefficient (Wildman–Crippen LogP) is 0.861. The molecule has 1 aliphatic heterocycles. The summed E-state index contributed by atoms with van der Waals surface area (Å²) >= 11 is 0. The second kappa shape index (κ2) is 2.99. The van der Waals surface area contributed by atoms with Crippen LogP contribution in [-0.4, -0.2) is 19.1 Å². The summed E-state index contributed by atoms with van der Waals surface area (Å²) in [4.78, 5) is 0. The lowest BCUT2D eigenvalue weighted by Gasteiger charge is -2.25. The number of nitrogens with one attached hydrogen (secondary N) is 1. The van der Waals surface area contributed by atoms with E-state index in [9.17, 15) is 4.39 Å². The molecule has 0 aromatic heterocycles. The molecule has 0 saturated heterocycles. The Labute approximate surface area is 71.3 Å². The van der Waals surface area contributed by atoms with Gasteiger partial charge < -0.3 is 11.1 Å². The monoisotopic (exact) mass is 168 g/mol. The zero-order valence-electron chi connectivity index (χ0n) is 6.94. The Morgan fingerprint density at radius 3 is 3.25 bits per heavy atom. The molecule has 0 aromatic rings. The van der Waals surface area contributed by atoms with Crippen molar-refractivity contribution in [1.29, 1.82) is 0 Å². The molecule has 0 fully saturated rings. The number of hydrogen-bond donors (Lipinski definition) is 2. The van der Waals surface area contributed by atoms with Gasteiger partial charge in [0, 0.05) is 6.54 Å². The molecular weight excluding hydrogens is 155 g/mol. The van der Waals surface area contributed by atoms with Gasteiger partial charge in [-0.05, 0) is 31.0 Å². The lowest BCUT2D eigenvalue weighted by atomic mass is 9.90. The molecule has 66 valence electrons. The van der Waals surface area contributed by atoms with Crippen molar-refractivity contribution in [2.45, 2.75) is 18.9 Å². The maximum atomic E-state index is 13.0. The zero-order chi connectivity index (χ0) is 8.55. The molecule has 2 rings (SSSR count). The van der Waals surface area contributed by atoms with Gasteiger partial charge in [0.15, 0.2) is 0 Å². The lowest BCUT2D eigenvalue weighted by molar-refractivity contribution is 0.509. The van der Waals surface area contributed by atoms with E-state index in [0.29, 0.717) is 6.42 Å². The number of halogens is 1. The van der Waals surface area contributed by atoms with E-state index < -0.39 is 0 Å². The van der Waals surface area contributed by atoms with Gasteiger partial charge in [0.25, 0.3) is 0 Å². The predicted molar refractivity (Wildman–Crippen MR) is 46.3 cm³/mol. The van der Waals surface area contributed by atoms with E-state index >= 15 is 0 Å². The van der Waals surface area contributed by atoms with E-state index in [1.54, 1.807) is 6.08 Å². The zero-order valence-corrected chi connectivity index (χ0v) is 6.94. The van der Waals surface area contributed by atoms with Gasteiger partial charge in [0.1, 0.15) is 5.83 Å². The van der Waals surface area contributed by atoms with E-state index in [0.717, 1.165) is 25.1 Å². The van der Waals surface area contributed by atoms with Gasteiger partial charge in [-0.2, -0.15) is 0 Å². The Kier molecular flexibility index (Phi) is 1.98. The highest BCUT2D eigenvalue weighted by molar-refractivity contribution is 5.36. The lowest BCUT2D eigenvalue weighted by Crippen LogP contribution is -2.31. The molecule has 1 heterocycles. The molecule has 2 nitrogen and oxygen atoms in total. The maximum Gasteiger partial charge on any atom is 0.117 e. The van der Waals surface area contributed by atoms with Gasteiger partial charge in [-0.1, -0.05) is 5.57 Å². The van der Waals surface area contributed by atoms with Gasteiger partial charge >= 0.3 is 0 Å². The van der Waals surface area contributed by atoms with Crippen LogP contribution in [0.15, 0.2) is 23.0 Å². The Balaban J connectivity index is 2.26. The van der Waals surface area contributed by atoms with Gasteiger partial charge in [-0.25, -0.2) is 4.39 Å². The van der Waals surface area contributed by atoms with Crippen molar-refractivity contribution in [3.8, 4) is 0 Å². The summed E-state index contributed by atoms with van der Waals surface area (Å²) < 4.78 is 13.0. The van der Waals surface area contributed by atoms with E-state index in [-0.39, 0.29) is 11.9 Å². The van der Waals surface area contributed by atoms with Crippen LogP contribution in [0.4, 0.5) is 4.39 Å². The summed E-state index contributed by atoms with van der Waals surface area (Å²) in [5, 5.41) is 3.21. The summed E-state index contributed by atoms with van der Waals surface area (Å²) in [7, 11) is 0. The minimum atomic E-state index is -0.387. The van der Waals surface area contributed by atoms with Crippen LogP contribution in [0.5, 0.6) is 0 Å². The van der Waals surface area contributed by atoms with E-state index in [4.69, 9.17) is 5.73 Å². The third-order valence-electron chi connectivity index (χ3n) is 2.51. The van der Waals surface area contributed by atoms with Crippen molar-refractivity contribution in [3.05, 3.63) is 23.0 Å². The molecule has 12 heavy (non-hydrogen) atoms. The molecule has 3 heteroatoms. The third kappa shape index (κ3) is 1.30. The van der Waals surface area contributed by atoms with Crippen LogP contribution in [-0.2, 0) is 0 Å². The van der Waals surface area contributed by atoms with Crippen molar-refractivity contribution in [3.63, 3.8) is 0 Å². The smallest absolute Gasteiger partial charge is 0.117 e. The molecule has 0 spiro atoms. The third-order valence-corrected chi connectivity index (χ3v) is 2.51. The highest BCUT2D eigenvalue weighted by Gasteiger charge is 2.21. The summed E-state index contributed by atoms with van der Waals surface area (Å²) in [5.41, 5.74) is 8.03. The molecular formula is C9H13FN2. The molecule has 2 aliphatic rings. The molecule has 0 aromatic carbocycles. The number of hydrogen-bond acceptors (Lipinski definition) is 2. The second-order valence-corrected chi connectivity index (χ2v) is 3.40. The largest absolute Gasteiger partial charge is 0.322 e. The summed E-state index contributed by atoms with van der Waals surface area (Å²) in [5.74, 6) is -0.169. The summed E-state index contributed by atoms with van der Waals surface area (Å²) in [6.45, 7) is 1.80. The van der Waals surface area contributed by atoms with Crippen LogP contribution in [0.1, 0.15) is 12.8 Å².